The molecule has 0 radical (unpaired) electrons. The van der Waals surface area contributed by atoms with Crippen LogP contribution in [0.15, 0.2) is 54.7 Å². The molecule has 0 bridgehead atoms. The van der Waals surface area contributed by atoms with E-state index in [0.29, 0.717) is 17.7 Å². The van der Waals surface area contributed by atoms with Crippen molar-refractivity contribution in [3.8, 4) is 0 Å². The third kappa shape index (κ3) is 4.78. The molecule has 3 aromatic rings. The summed E-state index contributed by atoms with van der Waals surface area (Å²) in [6.45, 7) is 8.55. The summed E-state index contributed by atoms with van der Waals surface area (Å²) in [5.74, 6) is -0.539. The van der Waals surface area contributed by atoms with E-state index in [9.17, 15) is 9.59 Å². The summed E-state index contributed by atoms with van der Waals surface area (Å²) in [7, 11) is 0. The lowest BCUT2D eigenvalue weighted by atomic mass is 9.81. The van der Waals surface area contributed by atoms with Crippen LogP contribution in [-0.2, 0) is 21.4 Å². The largest absolute Gasteiger partial charge is 0.459 e. The number of aromatic amines is 1. The highest BCUT2D eigenvalue weighted by atomic mass is 127. The van der Waals surface area contributed by atoms with Gasteiger partial charge in [0.1, 0.15) is 0 Å². The number of aromatic nitrogens is 1. The van der Waals surface area contributed by atoms with Gasteiger partial charge in [0.15, 0.2) is 0 Å². The molecule has 0 spiro atoms. The molecule has 0 saturated heterocycles. The molecule has 1 aliphatic rings. The quantitative estimate of drug-likeness (QED) is 0.216. The highest BCUT2D eigenvalue weighted by Crippen LogP contribution is 2.40. The summed E-state index contributed by atoms with van der Waals surface area (Å²) in [6, 6.07) is 15.8. The number of aryl methyl sites for hydroxylation is 1. The van der Waals surface area contributed by atoms with Gasteiger partial charge in [0.05, 0.1) is 17.4 Å². The van der Waals surface area contributed by atoms with Crippen LogP contribution in [0.3, 0.4) is 0 Å². The second-order valence-corrected chi connectivity index (χ2v) is 10.6. The Morgan fingerprint density at radius 2 is 1.94 bits per heavy atom. The summed E-state index contributed by atoms with van der Waals surface area (Å²) < 4.78 is 6.72. The number of para-hydroxylation sites is 1. The van der Waals surface area contributed by atoms with E-state index < -0.39 is 11.4 Å². The number of fused-ring (bicyclic) bond motifs is 3. The first kappa shape index (κ1) is 24.5. The number of carbonyl (C=O) groups is 2. The SMILES string of the molecule is CCC(C)OC(=O)C1=CN(C(=O)c2cccc(CCI)c2)CC(C)(C)c2c1[nH]c1ccccc21. The standard InChI is InChI=1S/C28H31IN2O3/c1-5-18(2)34-27(33)22-16-31(26(32)20-10-8-9-19(15-20)13-14-29)17-28(3,4)24-21-11-6-7-12-23(21)30-25(22)24/h6-12,15-16,18,30H,5,13-14,17H2,1-4H3. The minimum absolute atomic E-state index is 0.119. The van der Waals surface area contributed by atoms with Crippen LogP contribution >= 0.6 is 22.6 Å². The molecule has 0 saturated carbocycles. The molecule has 6 heteroatoms. The number of esters is 1. The number of amides is 1. The summed E-state index contributed by atoms with van der Waals surface area (Å²) >= 11 is 2.34. The lowest BCUT2D eigenvalue weighted by Crippen LogP contribution is -2.37. The topological polar surface area (TPSA) is 62.4 Å². The van der Waals surface area contributed by atoms with E-state index in [0.717, 1.165) is 45.0 Å². The Morgan fingerprint density at radius 3 is 2.68 bits per heavy atom. The van der Waals surface area contributed by atoms with Crippen LogP contribution in [0.25, 0.3) is 16.5 Å². The van der Waals surface area contributed by atoms with Crippen LogP contribution in [0.1, 0.15) is 61.3 Å². The first-order valence-corrected chi connectivity index (χ1v) is 13.3. The van der Waals surface area contributed by atoms with E-state index in [-0.39, 0.29) is 12.0 Å². The van der Waals surface area contributed by atoms with Gasteiger partial charge in [-0.1, -0.05) is 73.7 Å². The lowest BCUT2D eigenvalue weighted by Gasteiger charge is -2.29. The van der Waals surface area contributed by atoms with Crippen LogP contribution in [0.5, 0.6) is 0 Å². The molecule has 2 aromatic carbocycles. The van der Waals surface area contributed by atoms with E-state index in [1.54, 1.807) is 11.1 Å². The smallest absolute Gasteiger partial charge is 0.342 e. The zero-order valence-corrected chi connectivity index (χ0v) is 22.3. The first-order valence-electron chi connectivity index (χ1n) is 11.8. The number of benzene rings is 2. The van der Waals surface area contributed by atoms with Gasteiger partial charge in [-0.15, -0.1) is 0 Å². The van der Waals surface area contributed by atoms with Crippen molar-refractivity contribution in [1.29, 1.82) is 0 Å². The number of hydrogen-bond acceptors (Lipinski definition) is 3. The normalized spacial score (nSPS) is 15.9. The number of alkyl halides is 1. The number of halogens is 1. The maximum Gasteiger partial charge on any atom is 0.342 e. The molecule has 5 nitrogen and oxygen atoms in total. The Hall–Kier alpha value is -2.61. The molecule has 0 fully saturated rings. The Labute approximate surface area is 214 Å². The number of rotatable bonds is 6. The molecule has 4 rings (SSSR count). The second-order valence-electron chi connectivity index (χ2n) is 9.54. The predicted octanol–water partition coefficient (Wildman–Crippen LogP) is 6.26. The van der Waals surface area contributed by atoms with Crippen LogP contribution in [0.2, 0.25) is 0 Å². The highest BCUT2D eigenvalue weighted by Gasteiger charge is 2.37. The summed E-state index contributed by atoms with van der Waals surface area (Å²) in [4.78, 5) is 32.2. The Balaban J connectivity index is 1.84. The molecule has 0 aliphatic carbocycles. The minimum atomic E-state index is -0.420. The summed E-state index contributed by atoms with van der Waals surface area (Å²) in [5, 5.41) is 1.06. The van der Waals surface area contributed by atoms with E-state index in [4.69, 9.17) is 4.74 Å². The monoisotopic (exact) mass is 570 g/mol. The number of nitrogens with one attached hydrogen (secondary N) is 1. The molecule has 34 heavy (non-hydrogen) atoms. The van der Waals surface area contributed by atoms with Crippen molar-refractivity contribution in [2.45, 2.75) is 52.1 Å². The van der Waals surface area contributed by atoms with E-state index in [1.165, 1.54) is 0 Å². The Bertz CT molecular complexity index is 1260. The van der Waals surface area contributed by atoms with Gasteiger partial charge >= 0.3 is 5.97 Å². The maximum absolute atomic E-state index is 13.7. The third-order valence-corrected chi connectivity index (χ3v) is 6.96. The van der Waals surface area contributed by atoms with Gasteiger partial charge in [-0.25, -0.2) is 4.79 Å². The van der Waals surface area contributed by atoms with Gasteiger partial charge < -0.3 is 14.6 Å². The maximum atomic E-state index is 13.7. The minimum Gasteiger partial charge on any atom is -0.459 e. The van der Waals surface area contributed by atoms with Gasteiger partial charge in [-0.05, 0) is 49.1 Å². The fraction of sp³-hybridized carbons (Fsp3) is 0.357. The molecule has 1 atom stereocenters. The molecule has 2 heterocycles. The van der Waals surface area contributed by atoms with E-state index >= 15 is 0 Å². The van der Waals surface area contributed by atoms with Crippen molar-refractivity contribution in [3.63, 3.8) is 0 Å². The van der Waals surface area contributed by atoms with Crippen molar-refractivity contribution in [3.05, 3.63) is 77.1 Å². The average Bonchev–Trinajstić information content (AvgIpc) is 3.16. The zero-order chi connectivity index (χ0) is 24.5. The molecule has 1 amide bonds. The molecule has 1 unspecified atom stereocenters. The lowest BCUT2D eigenvalue weighted by molar-refractivity contribution is -0.141. The summed E-state index contributed by atoms with van der Waals surface area (Å²) in [6.07, 6.45) is 3.09. The van der Waals surface area contributed by atoms with Gasteiger partial charge in [0, 0.05) is 39.1 Å². The van der Waals surface area contributed by atoms with E-state index in [1.807, 2.05) is 56.3 Å². The highest BCUT2D eigenvalue weighted by molar-refractivity contribution is 14.1. The second kappa shape index (κ2) is 9.94. The average molecular weight is 570 g/mol. The Kier molecular flexibility index (Phi) is 7.17. The number of nitrogens with zero attached hydrogens (tertiary/aromatic N) is 1. The molecule has 1 aliphatic heterocycles. The van der Waals surface area contributed by atoms with Crippen LogP contribution in [0, 0.1) is 0 Å². The first-order chi connectivity index (χ1) is 16.2. The zero-order valence-electron chi connectivity index (χ0n) is 20.2. The van der Waals surface area contributed by atoms with Crippen molar-refractivity contribution < 1.29 is 14.3 Å². The van der Waals surface area contributed by atoms with E-state index in [2.05, 4.69) is 47.5 Å². The molecular weight excluding hydrogens is 539 g/mol. The van der Waals surface area contributed by atoms with Crippen molar-refractivity contribution in [2.75, 3.05) is 11.0 Å². The van der Waals surface area contributed by atoms with Crippen molar-refractivity contribution in [1.82, 2.24) is 9.88 Å². The number of carbonyl (C=O) groups excluding carboxylic acids is 2. The number of hydrogen-bond donors (Lipinski definition) is 1. The predicted molar refractivity (Wildman–Crippen MR) is 145 cm³/mol. The number of H-pyrrole nitrogens is 1. The fourth-order valence-electron chi connectivity index (χ4n) is 4.57. The fourth-order valence-corrected chi connectivity index (χ4v) is 5.19. The van der Waals surface area contributed by atoms with Gasteiger partial charge in [0.25, 0.3) is 5.91 Å². The van der Waals surface area contributed by atoms with Crippen molar-refractivity contribution >= 4 is 50.9 Å². The Morgan fingerprint density at radius 1 is 1.18 bits per heavy atom. The van der Waals surface area contributed by atoms with Gasteiger partial charge in [-0.2, -0.15) is 0 Å². The molecule has 1 N–H and O–H groups in total. The molecule has 178 valence electrons. The molecular formula is C28H31IN2O3. The van der Waals surface area contributed by atoms with Crippen molar-refractivity contribution in [2.24, 2.45) is 0 Å². The van der Waals surface area contributed by atoms with Crippen LogP contribution in [0.4, 0.5) is 0 Å². The number of ether oxygens (including phenoxy) is 1. The van der Waals surface area contributed by atoms with Crippen LogP contribution in [-0.4, -0.2) is 38.8 Å². The van der Waals surface area contributed by atoms with Gasteiger partial charge in [0.2, 0.25) is 0 Å². The molecule has 1 aromatic heterocycles. The third-order valence-electron chi connectivity index (χ3n) is 6.42. The summed E-state index contributed by atoms with van der Waals surface area (Å²) in [5.41, 5.74) is 4.46. The van der Waals surface area contributed by atoms with Crippen LogP contribution < -0.4 is 0 Å². The van der Waals surface area contributed by atoms with Gasteiger partial charge in [-0.3, -0.25) is 4.79 Å².